The number of aromatic nitrogens is 1. The summed E-state index contributed by atoms with van der Waals surface area (Å²) in [4.78, 5) is 9.61. The largest absolute Gasteiger partial charge is 0.348 e. The van der Waals surface area contributed by atoms with E-state index in [9.17, 15) is 0 Å². The zero-order chi connectivity index (χ0) is 14.2. The molecule has 0 aromatic carbocycles. The second-order valence-corrected chi connectivity index (χ2v) is 7.83. The Labute approximate surface area is 131 Å². The van der Waals surface area contributed by atoms with E-state index in [4.69, 9.17) is 0 Å². The molecule has 1 saturated carbocycles. The minimum Gasteiger partial charge on any atom is -0.348 e. The first-order valence-corrected chi connectivity index (χ1v) is 9.34. The molecule has 0 radical (unpaired) electrons. The topological polar surface area (TPSA) is 31.4 Å². The lowest BCUT2D eigenvalue weighted by molar-refractivity contribution is 0.252. The maximum absolute atomic E-state index is 4.43. The van der Waals surface area contributed by atoms with Crippen molar-refractivity contribution in [3.05, 3.63) is 11.6 Å². The van der Waals surface area contributed by atoms with Gasteiger partial charge < -0.3 is 10.2 Å². The van der Waals surface area contributed by atoms with E-state index in [0.717, 1.165) is 31.2 Å². The van der Waals surface area contributed by atoms with Gasteiger partial charge >= 0.3 is 0 Å². The maximum Gasteiger partial charge on any atom is 0.185 e. The molecule has 3 fully saturated rings. The van der Waals surface area contributed by atoms with E-state index in [2.05, 4.69) is 32.4 Å². The molecular formula is C16H26N4S. The quantitative estimate of drug-likeness (QED) is 0.925. The van der Waals surface area contributed by atoms with Crippen LogP contribution in [-0.4, -0.2) is 53.7 Å². The van der Waals surface area contributed by atoms with Crippen molar-refractivity contribution in [1.82, 2.24) is 15.2 Å². The first-order valence-electron chi connectivity index (χ1n) is 8.46. The van der Waals surface area contributed by atoms with Gasteiger partial charge in [-0.3, -0.25) is 4.90 Å². The molecule has 4 rings (SSSR count). The number of hydrogen-bond donors (Lipinski definition) is 1. The summed E-state index contributed by atoms with van der Waals surface area (Å²) in [6, 6.07) is 3.12. The van der Waals surface area contributed by atoms with Crippen LogP contribution in [0, 0.1) is 0 Å². The third kappa shape index (κ3) is 3.10. The van der Waals surface area contributed by atoms with Gasteiger partial charge in [0.2, 0.25) is 0 Å². The van der Waals surface area contributed by atoms with Gasteiger partial charge in [-0.1, -0.05) is 0 Å². The van der Waals surface area contributed by atoms with Gasteiger partial charge in [0.15, 0.2) is 5.13 Å². The van der Waals surface area contributed by atoms with Crippen LogP contribution in [0.25, 0.3) is 0 Å². The molecular weight excluding hydrogens is 280 g/mol. The summed E-state index contributed by atoms with van der Waals surface area (Å²) < 4.78 is 0. The smallest absolute Gasteiger partial charge is 0.185 e. The SMILES string of the molecule is C[C@H]1C[C@H](NC2CCN(c3nccs3)CC2)CN1C1CC1. The molecule has 1 N–H and O–H groups in total. The summed E-state index contributed by atoms with van der Waals surface area (Å²) in [7, 11) is 0. The Morgan fingerprint density at radius 2 is 2.00 bits per heavy atom. The molecule has 3 heterocycles. The molecule has 0 spiro atoms. The number of nitrogens with zero attached hydrogens (tertiary/aromatic N) is 3. The van der Waals surface area contributed by atoms with Gasteiger partial charge in [0.05, 0.1) is 0 Å². The van der Waals surface area contributed by atoms with Gasteiger partial charge in [-0.2, -0.15) is 0 Å². The van der Waals surface area contributed by atoms with E-state index >= 15 is 0 Å². The Morgan fingerprint density at radius 1 is 1.19 bits per heavy atom. The summed E-state index contributed by atoms with van der Waals surface area (Å²) in [6.07, 6.45) is 8.63. The third-order valence-corrected chi connectivity index (χ3v) is 6.13. The van der Waals surface area contributed by atoms with E-state index < -0.39 is 0 Å². The van der Waals surface area contributed by atoms with Crippen molar-refractivity contribution >= 4 is 16.5 Å². The van der Waals surface area contributed by atoms with Gasteiger partial charge in [0.1, 0.15) is 0 Å². The van der Waals surface area contributed by atoms with Gasteiger partial charge in [-0.15, -0.1) is 11.3 Å². The molecule has 0 bridgehead atoms. The van der Waals surface area contributed by atoms with Crippen LogP contribution in [0.2, 0.25) is 0 Å². The summed E-state index contributed by atoms with van der Waals surface area (Å²) in [6.45, 7) is 5.99. The molecule has 0 unspecified atom stereocenters. The molecule has 2 aliphatic heterocycles. The van der Waals surface area contributed by atoms with Crippen molar-refractivity contribution in [3.8, 4) is 0 Å². The van der Waals surface area contributed by atoms with Gasteiger partial charge in [-0.25, -0.2) is 4.98 Å². The van der Waals surface area contributed by atoms with Crippen LogP contribution < -0.4 is 10.2 Å². The normalized spacial score (nSPS) is 32.0. The standard InChI is InChI=1S/C16H26N4S/c1-12-10-14(11-20(12)15-2-3-15)18-13-4-7-19(8-5-13)16-17-6-9-21-16/h6,9,12-15,18H,2-5,7-8,10-11H2,1H3/t12-,14-/m0/s1. The molecule has 0 amide bonds. The second kappa shape index (κ2) is 5.86. The Bertz CT molecular complexity index is 451. The first-order chi connectivity index (χ1) is 10.3. The first kappa shape index (κ1) is 14.0. The van der Waals surface area contributed by atoms with Gasteiger partial charge in [-0.05, 0) is 39.0 Å². The molecule has 3 aliphatic rings. The summed E-state index contributed by atoms with van der Waals surface area (Å²) in [5.41, 5.74) is 0. The zero-order valence-electron chi connectivity index (χ0n) is 12.9. The summed E-state index contributed by atoms with van der Waals surface area (Å²) in [5, 5.41) is 7.21. The lowest BCUT2D eigenvalue weighted by Crippen LogP contribution is -2.47. The monoisotopic (exact) mass is 306 g/mol. The van der Waals surface area contributed by atoms with E-state index in [0.29, 0.717) is 6.04 Å². The van der Waals surface area contributed by atoms with Crippen LogP contribution in [0.4, 0.5) is 5.13 Å². The molecule has 1 aliphatic carbocycles. The number of piperidine rings is 1. The molecule has 1 aromatic rings. The predicted molar refractivity (Wildman–Crippen MR) is 88.1 cm³/mol. The van der Waals surface area contributed by atoms with Gasteiger partial charge in [0.25, 0.3) is 0 Å². The Balaban J connectivity index is 1.25. The van der Waals surface area contributed by atoms with Crippen molar-refractivity contribution in [2.24, 2.45) is 0 Å². The molecule has 21 heavy (non-hydrogen) atoms. The van der Waals surface area contributed by atoms with E-state index in [1.54, 1.807) is 11.3 Å². The molecule has 116 valence electrons. The van der Waals surface area contributed by atoms with Crippen molar-refractivity contribution < 1.29 is 0 Å². The van der Waals surface area contributed by atoms with Crippen LogP contribution in [0.1, 0.15) is 39.0 Å². The Kier molecular flexibility index (Phi) is 3.90. The number of likely N-dealkylation sites (tertiary alicyclic amines) is 1. The van der Waals surface area contributed by atoms with Crippen molar-refractivity contribution in [3.63, 3.8) is 0 Å². The van der Waals surface area contributed by atoms with Crippen LogP contribution in [-0.2, 0) is 0 Å². The lowest BCUT2D eigenvalue weighted by atomic mass is 10.0. The Hall–Kier alpha value is -0.650. The van der Waals surface area contributed by atoms with E-state index in [-0.39, 0.29) is 0 Å². The molecule has 2 atom stereocenters. The highest BCUT2D eigenvalue weighted by atomic mass is 32.1. The van der Waals surface area contributed by atoms with Crippen molar-refractivity contribution in [2.75, 3.05) is 24.5 Å². The molecule has 5 heteroatoms. The average Bonchev–Trinajstić information content (AvgIpc) is 3.05. The van der Waals surface area contributed by atoms with E-state index in [1.165, 1.54) is 43.8 Å². The van der Waals surface area contributed by atoms with Crippen molar-refractivity contribution in [2.45, 2.75) is 63.2 Å². The summed E-state index contributed by atoms with van der Waals surface area (Å²) >= 11 is 1.76. The number of hydrogen-bond acceptors (Lipinski definition) is 5. The number of thiazole rings is 1. The molecule has 2 saturated heterocycles. The fourth-order valence-electron chi connectivity index (χ4n) is 4.03. The maximum atomic E-state index is 4.43. The van der Waals surface area contributed by atoms with Crippen LogP contribution in [0.5, 0.6) is 0 Å². The Morgan fingerprint density at radius 3 is 2.67 bits per heavy atom. The number of rotatable bonds is 4. The number of nitrogens with one attached hydrogen (secondary N) is 1. The minimum absolute atomic E-state index is 0.706. The highest BCUT2D eigenvalue weighted by Crippen LogP contribution is 2.33. The zero-order valence-corrected chi connectivity index (χ0v) is 13.7. The lowest BCUT2D eigenvalue weighted by Gasteiger charge is -2.33. The number of anilines is 1. The van der Waals surface area contributed by atoms with Gasteiger partial charge in [0, 0.05) is 55.4 Å². The molecule has 4 nitrogen and oxygen atoms in total. The fourth-order valence-corrected chi connectivity index (χ4v) is 4.73. The second-order valence-electron chi connectivity index (χ2n) is 6.95. The minimum atomic E-state index is 0.706. The van der Waals surface area contributed by atoms with Crippen molar-refractivity contribution in [1.29, 1.82) is 0 Å². The average molecular weight is 306 g/mol. The third-order valence-electron chi connectivity index (χ3n) is 5.30. The van der Waals surface area contributed by atoms with Crippen LogP contribution in [0.3, 0.4) is 0 Å². The van der Waals surface area contributed by atoms with Crippen LogP contribution >= 0.6 is 11.3 Å². The van der Waals surface area contributed by atoms with Crippen LogP contribution in [0.15, 0.2) is 11.6 Å². The van der Waals surface area contributed by atoms with E-state index in [1.807, 2.05) is 6.20 Å². The predicted octanol–water partition coefficient (Wildman–Crippen LogP) is 2.33. The molecule has 1 aromatic heterocycles. The summed E-state index contributed by atoms with van der Waals surface area (Å²) in [5.74, 6) is 0. The highest BCUT2D eigenvalue weighted by molar-refractivity contribution is 7.13. The highest BCUT2D eigenvalue weighted by Gasteiger charge is 2.39. The fraction of sp³-hybridized carbons (Fsp3) is 0.812.